The van der Waals surface area contributed by atoms with E-state index in [1.807, 2.05) is 6.07 Å². The molecule has 0 aromatic heterocycles. The fourth-order valence-corrected chi connectivity index (χ4v) is 6.20. The van der Waals surface area contributed by atoms with Gasteiger partial charge in [0, 0.05) is 28.2 Å². The number of fused-ring (bicyclic) bond motifs is 3. The lowest BCUT2D eigenvalue weighted by atomic mass is 9.63. The van der Waals surface area contributed by atoms with Crippen LogP contribution in [0, 0.1) is 0 Å². The second-order valence-electron chi connectivity index (χ2n) is 7.54. The molecule has 5 nitrogen and oxygen atoms in total. The van der Waals surface area contributed by atoms with Gasteiger partial charge in [-0.05, 0) is 61.6 Å². The summed E-state index contributed by atoms with van der Waals surface area (Å²) in [7, 11) is -3.66. The van der Waals surface area contributed by atoms with Crippen LogP contribution in [0.3, 0.4) is 0 Å². The third-order valence-electron chi connectivity index (χ3n) is 6.01. The third kappa shape index (κ3) is 3.15. The second-order valence-corrected chi connectivity index (χ2v) is 10.2. The molecule has 2 atom stereocenters. The molecular formula is C21H24BrN3O2S. The van der Waals surface area contributed by atoms with Crippen LogP contribution in [0.2, 0.25) is 0 Å². The SMILES string of the molecule is C=C1CCCC2Nc3ccc(Br)cc3C12CCNS(=O)(=O)c1ccccc1N. The first kappa shape index (κ1) is 19.5. The maximum absolute atomic E-state index is 12.7. The van der Waals surface area contributed by atoms with Gasteiger partial charge in [0.15, 0.2) is 0 Å². The Bertz CT molecular complexity index is 1040. The molecule has 148 valence electrons. The van der Waals surface area contributed by atoms with E-state index < -0.39 is 10.0 Å². The zero-order valence-corrected chi connectivity index (χ0v) is 17.9. The van der Waals surface area contributed by atoms with Gasteiger partial charge in [0.25, 0.3) is 0 Å². The van der Waals surface area contributed by atoms with Crippen LogP contribution >= 0.6 is 15.9 Å². The number of hydrogen-bond donors (Lipinski definition) is 3. The first-order chi connectivity index (χ1) is 13.3. The van der Waals surface area contributed by atoms with Gasteiger partial charge in [0.2, 0.25) is 10.0 Å². The Morgan fingerprint density at radius 2 is 2.07 bits per heavy atom. The molecular weight excluding hydrogens is 438 g/mol. The van der Waals surface area contributed by atoms with E-state index in [1.165, 1.54) is 17.2 Å². The number of para-hydroxylation sites is 1. The summed E-state index contributed by atoms with van der Waals surface area (Å²) in [6.07, 6.45) is 3.75. The maximum atomic E-state index is 12.7. The number of anilines is 2. The fraction of sp³-hybridized carbons (Fsp3) is 0.333. The van der Waals surface area contributed by atoms with E-state index in [0.717, 1.165) is 29.4 Å². The Kier molecular flexibility index (Phi) is 5.02. The molecule has 2 aliphatic rings. The van der Waals surface area contributed by atoms with Crippen LogP contribution in [0.15, 0.2) is 64.0 Å². The van der Waals surface area contributed by atoms with Gasteiger partial charge in [-0.2, -0.15) is 0 Å². The van der Waals surface area contributed by atoms with Crippen molar-refractivity contribution in [1.82, 2.24) is 4.72 Å². The Morgan fingerprint density at radius 3 is 2.86 bits per heavy atom. The van der Waals surface area contributed by atoms with Crippen LogP contribution in [0.5, 0.6) is 0 Å². The van der Waals surface area contributed by atoms with Crippen LogP contribution in [0.4, 0.5) is 11.4 Å². The van der Waals surface area contributed by atoms with E-state index in [2.05, 4.69) is 44.7 Å². The number of halogens is 1. The van der Waals surface area contributed by atoms with E-state index >= 15 is 0 Å². The van der Waals surface area contributed by atoms with E-state index in [-0.39, 0.29) is 22.0 Å². The van der Waals surface area contributed by atoms with E-state index in [4.69, 9.17) is 5.73 Å². The number of rotatable bonds is 5. The van der Waals surface area contributed by atoms with Crippen molar-refractivity contribution in [3.8, 4) is 0 Å². The van der Waals surface area contributed by atoms with Gasteiger partial charge < -0.3 is 11.1 Å². The zero-order valence-electron chi connectivity index (χ0n) is 15.5. The lowest BCUT2D eigenvalue weighted by Gasteiger charge is -2.42. The molecule has 2 aromatic carbocycles. The lowest BCUT2D eigenvalue weighted by Crippen LogP contribution is -2.45. The normalized spacial score (nSPS) is 23.8. The molecule has 0 radical (unpaired) electrons. The summed E-state index contributed by atoms with van der Waals surface area (Å²) in [5.74, 6) is 0. The lowest BCUT2D eigenvalue weighted by molar-refractivity contribution is 0.344. The molecule has 28 heavy (non-hydrogen) atoms. The number of sulfonamides is 1. The quantitative estimate of drug-likeness (QED) is 0.460. The maximum Gasteiger partial charge on any atom is 0.242 e. The Balaban J connectivity index is 1.62. The van der Waals surface area contributed by atoms with Crippen molar-refractivity contribution < 1.29 is 8.42 Å². The molecule has 1 aliphatic carbocycles. The summed E-state index contributed by atoms with van der Waals surface area (Å²) in [6, 6.07) is 13.0. The highest BCUT2D eigenvalue weighted by Crippen LogP contribution is 2.53. The van der Waals surface area contributed by atoms with Crippen LogP contribution < -0.4 is 15.8 Å². The van der Waals surface area contributed by atoms with Gasteiger partial charge in [0.05, 0.1) is 5.69 Å². The molecule has 0 bridgehead atoms. The number of benzene rings is 2. The summed E-state index contributed by atoms with van der Waals surface area (Å²) in [6.45, 7) is 4.71. The van der Waals surface area contributed by atoms with Gasteiger partial charge in [-0.15, -0.1) is 0 Å². The molecule has 0 amide bonds. The number of nitrogens with one attached hydrogen (secondary N) is 2. The average molecular weight is 462 g/mol. The molecule has 4 N–H and O–H groups in total. The minimum absolute atomic E-state index is 0.124. The first-order valence-electron chi connectivity index (χ1n) is 9.43. The van der Waals surface area contributed by atoms with Gasteiger partial charge in [-0.3, -0.25) is 0 Å². The highest BCUT2D eigenvalue weighted by molar-refractivity contribution is 9.10. The molecule has 2 unspecified atom stereocenters. The van der Waals surface area contributed by atoms with Crippen molar-refractivity contribution >= 4 is 37.3 Å². The average Bonchev–Trinajstić information content (AvgIpc) is 2.97. The number of hydrogen-bond acceptors (Lipinski definition) is 4. The van der Waals surface area contributed by atoms with Gasteiger partial charge in [-0.25, -0.2) is 13.1 Å². The van der Waals surface area contributed by atoms with Gasteiger partial charge in [0.1, 0.15) is 4.90 Å². The smallest absolute Gasteiger partial charge is 0.242 e. The predicted molar refractivity (Wildman–Crippen MR) is 117 cm³/mol. The molecule has 1 aliphatic heterocycles. The molecule has 2 aromatic rings. The van der Waals surface area contributed by atoms with Crippen LogP contribution in [-0.4, -0.2) is 21.0 Å². The van der Waals surface area contributed by atoms with Crippen LogP contribution in [-0.2, 0) is 15.4 Å². The van der Waals surface area contributed by atoms with Crippen molar-refractivity contribution in [1.29, 1.82) is 0 Å². The van der Waals surface area contributed by atoms with Gasteiger partial charge in [-0.1, -0.05) is 40.2 Å². The highest BCUT2D eigenvalue weighted by Gasteiger charge is 2.49. The fourth-order valence-electron chi connectivity index (χ4n) is 4.68. The molecule has 7 heteroatoms. The molecule has 0 saturated heterocycles. The Labute approximate surface area is 174 Å². The third-order valence-corrected chi connectivity index (χ3v) is 8.04. The minimum atomic E-state index is -3.66. The molecule has 0 spiro atoms. The number of nitrogens with two attached hydrogens (primary N) is 1. The number of nitrogen functional groups attached to an aromatic ring is 1. The summed E-state index contributed by atoms with van der Waals surface area (Å²) in [5.41, 5.74) is 9.35. The van der Waals surface area contributed by atoms with Crippen molar-refractivity contribution in [3.63, 3.8) is 0 Å². The van der Waals surface area contributed by atoms with E-state index in [1.54, 1.807) is 18.2 Å². The van der Waals surface area contributed by atoms with E-state index in [0.29, 0.717) is 13.0 Å². The van der Waals surface area contributed by atoms with Crippen molar-refractivity contribution in [2.75, 3.05) is 17.6 Å². The largest absolute Gasteiger partial charge is 0.398 e. The van der Waals surface area contributed by atoms with E-state index in [9.17, 15) is 8.42 Å². The molecule has 4 rings (SSSR count). The van der Waals surface area contributed by atoms with Crippen LogP contribution in [0.1, 0.15) is 31.2 Å². The van der Waals surface area contributed by atoms with Gasteiger partial charge >= 0.3 is 0 Å². The predicted octanol–water partition coefficient (Wildman–Crippen LogP) is 4.17. The molecule has 1 heterocycles. The minimum Gasteiger partial charge on any atom is -0.398 e. The van der Waals surface area contributed by atoms with Crippen LogP contribution in [0.25, 0.3) is 0 Å². The molecule has 1 fully saturated rings. The summed E-state index contributed by atoms with van der Waals surface area (Å²) < 4.78 is 29.2. The topological polar surface area (TPSA) is 84.2 Å². The van der Waals surface area contributed by atoms with Crippen molar-refractivity contribution in [2.24, 2.45) is 0 Å². The first-order valence-corrected chi connectivity index (χ1v) is 11.7. The van der Waals surface area contributed by atoms with Crippen molar-refractivity contribution in [3.05, 3.63) is 64.7 Å². The Morgan fingerprint density at radius 1 is 1.29 bits per heavy atom. The zero-order chi connectivity index (χ0) is 19.9. The summed E-state index contributed by atoms with van der Waals surface area (Å²) in [5, 5.41) is 3.64. The summed E-state index contributed by atoms with van der Waals surface area (Å²) >= 11 is 3.58. The standard InChI is InChI=1S/C21H24BrN3O2S/c1-14-5-4-8-20-21(14,16-13-15(22)9-10-18(16)25-20)11-12-24-28(26,27)19-7-3-2-6-17(19)23/h2-3,6-7,9-10,13,20,24-25H,1,4-5,8,11-12,23H2. The molecule has 1 saturated carbocycles. The van der Waals surface area contributed by atoms with Crippen molar-refractivity contribution in [2.45, 2.75) is 42.0 Å². The monoisotopic (exact) mass is 461 g/mol. The highest BCUT2D eigenvalue weighted by atomic mass is 79.9. The second kappa shape index (κ2) is 7.21. The summed E-state index contributed by atoms with van der Waals surface area (Å²) in [4.78, 5) is 0.124. The Hall–Kier alpha value is -1.83.